The van der Waals surface area contributed by atoms with Crippen molar-refractivity contribution in [1.82, 2.24) is 14.8 Å². The molecule has 0 aliphatic rings. The van der Waals surface area contributed by atoms with Crippen LogP contribution in [-0.4, -0.2) is 14.8 Å². The van der Waals surface area contributed by atoms with Gasteiger partial charge in [0.2, 0.25) is 0 Å². The second-order valence-electron chi connectivity index (χ2n) is 3.41. The SMILES string of the molecule is Cc1nn(-c2ccc(C#N)nc2)c(C)c1Cl. The fraction of sp³-hybridized carbons (Fsp3) is 0.182. The largest absolute Gasteiger partial charge is 0.243 e. The maximum Gasteiger partial charge on any atom is 0.140 e. The summed E-state index contributed by atoms with van der Waals surface area (Å²) in [5, 5.41) is 13.6. The molecule has 0 amide bonds. The first kappa shape index (κ1) is 10.7. The number of hydrogen-bond acceptors (Lipinski definition) is 3. The minimum absolute atomic E-state index is 0.386. The molecule has 0 aliphatic heterocycles. The van der Waals surface area contributed by atoms with Gasteiger partial charge in [-0.25, -0.2) is 9.67 Å². The molecule has 2 aromatic heterocycles. The van der Waals surface area contributed by atoms with Gasteiger partial charge in [-0.15, -0.1) is 0 Å². The van der Waals surface area contributed by atoms with Gasteiger partial charge in [-0.1, -0.05) is 11.6 Å². The first-order valence-electron chi connectivity index (χ1n) is 4.71. The molecule has 16 heavy (non-hydrogen) atoms. The predicted molar refractivity (Wildman–Crippen MR) is 60.6 cm³/mol. The molecule has 0 fully saturated rings. The third-order valence-corrected chi connectivity index (χ3v) is 2.86. The molecular formula is C11H9ClN4. The highest BCUT2D eigenvalue weighted by molar-refractivity contribution is 6.31. The summed E-state index contributed by atoms with van der Waals surface area (Å²) in [4.78, 5) is 3.99. The first-order valence-corrected chi connectivity index (χ1v) is 5.09. The topological polar surface area (TPSA) is 54.5 Å². The van der Waals surface area contributed by atoms with Crippen LogP contribution in [0, 0.1) is 25.2 Å². The second-order valence-corrected chi connectivity index (χ2v) is 3.79. The van der Waals surface area contributed by atoms with Crippen molar-refractivity contribution in [3.8, 4) is 11.8 Å². The van der Waals surface area contributed by atoms with Crippen molar-refractivity contribution in [2.24, 2.45) is 0 Å². The number of aromatic nitrogens is 3. The molecule has 0 N–H and O–H groups in total. The smallest absolute Gasteiger partial charge is 0.140 e. The summed E-state index contributed by atoms with van der Waals surface area (Å²) in [5.41, 5.74) is 2.83. The van der Waals surface area contributed by atoms with Crippen LogP contribution in [0.1, 0.15) is 17.1 Å². The molecule has 80 valence electrons. The summed E-state index contributed by atoms with van der Waals surface area (Å²) >= 11 is 6.05. The molecule has 0 aliphatic carbocycles. The van der Waals surface area contributed by atoms with E-state index < -0.39 is 0 Å². The summed E-state index contributed by atoms with van der Waals surface area (Å²) in [6, 6.07) is 5.42. The second kappa shape index (κ2) is 3.95. The Balaban J connectivity index is 2.51. The summed E-state index contributed by atoms with van der Waals surface area (Å²) in [5.74, 6) is 0. The number of nitrogens with zero attached hydrogens (tertiary/aromatic N) is 4. The van der Waals surface area contributed by atoms with Crippen molar-refractivity contribution < 1.29 is 0 Å². The number of hydrogen-bond donors (Lipinski definition) is 0. The number of aryl methyl sites for hydroxylation is 1. The Hall–Kier alpha value is -1.86. The third kappa shape index (κ3) is 1.66. The molecule has 0 bridgehead atoms. The molecule has 0 saturated heterocycles. The lowest BCUT2D eigenvalue weighted by atomic mass is 10.3. The monoisotopic (exact) mass is 232 g/mol. The summed E-state index contributed by atoms with van der Waals surface area (Å²) in [6.45, 7) is 3.74. The zero-order valence-corrected chi connectivity index (χ0v) is 9.65. The molecule has 0 spiro atoms. The normalized spacial score (nSPS) is 10.1. The lowest BCUT2D eigenvalue weighted by Crippen LogP contribution is -2.00. The van der Waals surface area contributed by atoms with Crippen molar-refractivity contribution in [3.05, 3.63) is 40.4 Å². The fourth-order valence-electron chi connectivity index (χ4n) is 1.45. The molecule has 0 aromatic carbocycles. The van der Waals surface area contributed by atoms with Crippen LogP contribution in [0.25, 0.3) is 5.69 Å². The maximum atomic E-state index is 8.65. The minimum Gasteiger partial charge on any atom is -0.243 e. The van der Waals surface area contributed by atoms with Gasteiger partial charge in [0.05, 0.1) is 28.3 Å². The highest BCUT2D eigenvalue weighted by atomic mass is 35.5. The summed E-state index contributed by atoms with van der Waals surface area (Å²) < 4.78 is 1.71. The molecule has 4 nitrogen and oxygen atoms in total. The Morgan fingerprint density at radius 1 is 1.38 bits per heavy atom. The Kier molecular flexibility index (Phi) is 2.63. The standard InChI is InChI=1S/C11H9ClN4/c1-7-11(12)8(2)16(15-7)10-4-3-9(5-13)14-6-10/h3-4,6H,1-2H3. The highest BCUT2D eigenvalue weighted by Crippen LogP contribution is 2.21. The summed E-state index contributed by atoms with van der Waals surface area (Å²) in [6.07, 6.45) is 1.61. The molecule has 0 saturated carbocycles. The number of rotatable bonds is 1. The van der Waals surface area contributed by atoms with Gasteiger partial charge in [0.1, 0.15) is 11.8 Å². The Bertz CT molecular complexity index is 563. The minimum atomic E-state index is 0.386. The zero-order valence-electron chi connectivity index (χ0n) is 8.90. The number of halogens is 1. The average Bonchev–Trinajstić information content (AvgIpc) is 2.57. The van der Waals surface area contributed by atoms with Crippen LogP contribution >= 0.6 is 11.6 Å². The quantitative estimate of drug-likeness (QED) is 0.759. The third-order valence-electron chi connectivity index (χ3n) is 2.31. The Labute approximate surface area is 98.1 Å². The van der Waals surface area contributed by atoms with Gasteiger partial charge in [0, 0.05) is 0 Å². The molecule has 2 heterocycles. The lowest BCUT2D eigenvalue weighted by Gasteiger charge is -2.02. The van der Waals surface area contributed by atoms with Crippen LogP contribution in [-0.2, 0) is 0 Å². The number of nitriles is 1. The molecule has 2 aromatic rings. The Morgan fingerprint density at radius 3 is 2.56 bits per heavy atom. The van der Waals surface area contributed by atoms with Crippen LogP contribution in [0.2, 0.25) is 5.02 Å². The van der Waals surface area contributed by atoms with E-state index in [2.05, 4.69) is 10.1 Å². The van der Waals surface area contributed by atoms with Crippen LogP contribution in [0.4, 0.5) is 0 Å². The predicted octanol–water partition coefficient (Wildman–Crippen LogP) is 2.41. The number of pyridine rings is 1. The van der Waals surface area contributed by atoms with Gasteiger partial charge in [0.25, 0.3) is 0 Å². The van der Waals surface area contributed by atoms with E-state index in [0.29, 0.717) is 10.7 Å². The molecule has 0 radical (unpaired) electrons. The van der Waals surface area contributed by atoms with Crippen molar-refractivity contribution in [2.45, 2.75) is 13.8 Å². The van der Waals surface area contributed by atoms with Crippen LogP contribution < -0.4 is 0 Å². The van der Waals surface area contributed by atoms with E-state index in [-0.39, 0.29) is 0 Å². The summed E-state index contributed by atoms with van der Waals surface area (Å²) in [7, 11) is 0. The van der Waals surface area contributed by atoms with Crippen molar-refractivity contribution >= 4 is 11.6 Å². The van der Waals surface area contributed by atoms with E-state index in [9.17, 15) is 0 Å². The van der Waals surface area contributed by atoms with Gasteiger partial charge >= 0.3 is 0 Å². The van der Waals surface area contributed by atoms with E-state index in [4.69, 9.17) is 16.9 Å². The molecule has 0 atom stereocenters. The van der Waals surface area contributed by atoms with Gasteiger partial charge in [0.15, 0.2) is 0 Å². The van der Waals surface area contributed by atoms with E-state index in [1.54, 1.807) is 23.0 Å². The van der Waals surface area contributed by atoms with E-state index in [1.165, 1.54) is 0 Å². The Morgan fingerprint density at radius 2 is 2.12 bits per heavy atom. The molecular weight excluding hydrogens is 224 g/mol. The van der Waals surface area contributed by atoms with Crippen LogP contribution in [0.3, 0.4) is 0 Å². The van der Waals surface area contributed by atoms with Gasteiger partial charge in [-0.3, -0.25) is 0 Å². The van der Waals surface area contributed by atoms with Gasteiger partial charge in [-0.05, 0) is 26.0 Å². The van der Waals surface area contributed by atoms with Crippen molar-refractivity contribution in [2.75, 3.05) is 0 Å². The average molecular weight is 233 g/mol. The molecule has 0 unspecified atom stereocenters. The molecule has 5 heteroatoms. The molecule has 2 rings (SSSR count). The highest BCUT2D eigenvalue weighted by Gasteiger charge is 2.10. The maximum absolute atomic E-state index is 8.65. The van der Waals surface area contributed by atoms with Crippen LogP contribution in [0.15, 0.2) is 18.3 Å². The van der Waals surface area contributed by atoms with E-state index in [0.717, 1.165) is 17.1 Å². The van der Waals surface area contributed by atoms with E-state index >= 15 is 0 Å². The van der Waals surface area contributed by atoms with Gasteiger partial charge < -0.3 is 0 Å². The zero-order chi connectivity index (χ0) is 11.7. The fourth-order valence-corrected chi connectivity index (χ4v) is 1.57. The van der Waals surface area contributed by atoms with Gasteiger partial charge in [-0.2, -0.15) is 10.4 Å². The first-order chi connectivity index (χ1) is 7.63. The van der Waals surface area contributed by atoms with Crippen molar-refractivity contribution in [3.63, 3.8) is 0 Å². The van der Waals surface area contributed by atoms with E-state index in [1.807, 2.05) is 19.9 Å². The van der Waals surface area contributed by atoms with Crippen LogP contribution in [0.5, 0.6) is 0 Å². The lowest BCUT2D eigenvalue weighted by molar-refractivity contribution is 0.828. The van der Waals surface area contributed by atoms with Crippen molar-refractivity contribution in [1.29, 1.82) is 5.26 Å².